The van der Waals surface area contributed by atoms with Crippen LogP contribution >= 0.6 is 0 Å². The summed E-state index contributed by atoms with van der Waals surface area (Å²) in [6.45, 7) is -0.644. The second-order valence-corrected chi connectivity index (χ2v) is 7.28. The third kappa shape index (κ3) is 4.28. The van der Waals surface area contributed by atoms with Crippen LogP contribution in [-0.4, -0.2) is 49.4 Å². The van der Waals surface area contributed by atoms with Crippen LogP contribution in [0.1, 0.15) is 0 Å². The summed E-state index contributed by atoms with van der Waals surface area (Å²) in [6.07, 6.45) is 0. The van der Waals surface area contributed by atoms with E-state index in [0.717, 1.165) is 17.5 Å². The number of carbonyl (C=O) groups is 1. The fourth-order valence-corrected chi connectivity index (χ4v) is 3.84. The molecule has 0 aliphatic carbocycles. The number of hydrogen-bond acceptors (Lipinski definition) is 7. The van der Waals surface area contributed by atoms with Gasteiger partial charge < -0.3 is 18.9 Å². The number of methoxy groups -OCH3 is 4. The van der Waals surface area contributed by atoms with Crippen LogP contribution in [0.5, 0.6) is 17.2 Å². The quantitative estimate of drug-likeness (QED) is 0.613. The molecule has 0 aliphatic heterocycles. The molecule has 0 saturated heterocycles. The van der Waals surface area contributed by atoms with Crippen LogP contribution in [0.3, 0.4) is 0 Å². The van der Waals surface area contributed by atoms with Gasteiger partial charge in [-0.25, -0.2) is 12.8 Å². The zero-order valence-electron chi connectivity index (χ0n) is 15.8. The summed E-state index contributed by atoms with van der Waals surface area (Å²) >= 11 is 0. The number of hydrogen-bond donors (Lipinski definition) is 0. The number of anilines is 1. The fourth-order valence-electron chi connectivity index (χ4n) is 2.41. The molecule has 0 heterocycles. The molecule has 0 radical (unpaired) electrons. The number of ether oxygens (including phenoxy) is 4. The molecule has 8 nitrogen and oxygen atoms in total. The van der Waals surface area contributed by atoms with Crippen LogP contribution < -0.4 is 18.5 Å². The lowest BCUT2D eigenvalue weighted by Gasteiger charge is -2.25. The zero-order valence-corrected chi connectivity index (χ0v) is 16.6. The smallest absolute Gasteiger partial charge is 0.326 e. The van der Waals surface area contributed by atoms with Gasteiger partial charge in [-0.05, 0) is 30.3 Å². The Hall–Kier alpha value is -3.01. The number of carbonyl (C=O) groups excluding carboxylic acids is 1. The Kier molecular flexibility index (Phi) is 6.68. The second-order valence-electron chi connectivity index (χ2n) is 5.42. The number of halogens is 1. The summed E-state index contributed by atoms with van der Waals surface area (Å²) in [4.78, 5) is 11.5. The van der Waals surface area contributed by atoms with Crippen molar-refractivity contribution in [3.05, 3.63) is 42.2 Å². The molecule has 0 aliphatic rings. The first-order valence-corrected chi connectivity index (χ1v) is 9.37. The molecule has 0 spiro atoms. The molecule has 10 heteroatoms. The van der Waals surface area contributed by atoms with E-state index in [1.165, 1.54) is 51.7 Å². The van der Waals surface area contributed by atoms with Crippen LogP contribution in [0.15, 0.2) is 41.3 Å². The van der Waals surface area contributed by atoms with Gasteiger partial charge in [0, 0.05) is 6.07 Å². The molecule has 0 atom stereocenters. The zero-order chi connectivity index (χ0) is 20.9. The number of nitrogens with zero attached hydrogens (tertiary/aromatic N) is 1. The van der Waals surface area contributed by atoms with E-state index in [-0.39, 0.29) is 22.1 Å². The third-order valence-corrected chi connectivity index (χ3v) is 5.62. The van der Waals surface area contributed by atoms with Gasteiger partial charge in [0.05, 0.1) is 39.0 Å². The SMILES string of the molecule is COC(=O)CN(c1ccc(OC)cc1OC)S(=O)(=O)c1ccc(OC)c(F)c1. The Morgan fingerprint density at radius 1 is 0.964 bits per heavy atom. The molecule has 2 aromatic carbocycles. The summed E-state index contributed by atoms with van der Waals surface area (Å²) in [5.41, 5.74) is 0.0601. The molecule has 0 aromatic heterocycles. The van der Waals surface area contributed by atoms with E-state index in [2.05, 4.69) is 4.74 Å². The predicted molar refractivity (Wildman–Crippen MR) is 99.0 cm³/mol. The molecule has 28 heavy (non-hydrogen) atoms. The van der Waals surface area contributed by atoms with Crippen LogP contribution in [0.2, 0.25) is 0 Å². The lowest BCUT2D eigenvalue weighted by Crippen LogP contribution is -2.36. The Balaban J connectivity index is 2.63. The molecule has 0 fully saturated rings. The molecular formula is C18H20FNO7S. The average Bonchev–Trinajstić information content (AvgIpc) is 2.71. The lowest BCUT2D eigenvalue weighted by molar-refractivity contribution is -0.138. The number of esters is 1. The molecule has 2 rings (SSSR count). The minimum atomic E-state index is -4.34. The van der Waals surface area contributed by atoms with Crippen molar-refractivity contribution in [2.45, 2.75) is 4.90 Å². The molecule has 0 N–H and O–H groups in total. The highest BCUT2D eigenvalue weighted by Crippen LogP contribution is 2.36. The molecular weight excluding hydrogens is 393 g/mol. The Bertz CT molecular complexity index is 962. The Morgan fingerprint density at radius 3 is 2.18 bits per heavy atom. The maximum absolute atomic E-state index is 14.1. The largest absolute Gasteiger partial charge is 0.497 e. The van der Waals surface area contributed by atoms with E-state index in [1.54, 1.807) is 0 Å². The van der Waals surface area contributed by atoms with Crippen LogP contribution in [0.4, 0.5) is 10.1 Å². The van der Waals surface area contributed by atoms with E-state index in [0.29, 0.717) is 5.75 Å². The minimum absolute atomic E-state index is 0.0601. The van der Waals surface area contributed by atoms with Gasteiger partial charge in [-0.2, -0.15) is 0 Å². The van der Waals surface area contributed by atoms with Crippen molar-refractivity contribution in [2.75, 3.05) is 39.3 Å². The van der Waals surface area contributed by atoms with Crippen molar-refractivity contribution in [1.29, 1.82) is 0 Å². The summed E-state index contributed by atoms with van der Waals surface area (Å²) in [5.74, 6) is -1.22. The van der Waals surface area contributed by atoms with Gasteiger partial charge in [-0.3, -0.25) is 9.10 Å². The van der Waals surface area contributed by atoms with Crippen molar-refractivity contribution >= 4 is 21.7 Å². The molecule has 0 bridgehead atoms. The molecule has 0 unspecified atom stereocenters. The Morgan fingerprint density at radius 2 is 1.64 bits per heavy atom. The van der Waals surface area contributed by atoms with E-state index in [4.69, 9.17) is 14.2 Å². The van der Waals surface area contributed by atoms with Crippen molar-refractivity contribution < 1.29 is 36.6 Å². The van der Waals surface area contributed by atoms with Crippen LogP contribution in [0.25, 0.3) is 0 Å². The monoisotopic (exact) mass is 413 g/mol. The first-order chi connectivity index (χ1) is 13.3. The van der Waals surface area contributed by atoms with Gasteiger partial charge in [0.2, 0.25) is 0 Å². The van der Waals surface area contributed by atoms with Gasteiger partial charge in [0.1, 0.15) is 18.0 Å². The number of rotatable bonds is 8. The van der Waals surface area contributed by atoms with Crippen molar-refractivity contribution in [1.82, 2.24) is 0 Å². The number of benzene rings is 2. The minimum Gasteiger partial charge on any atom is -0.497 e. The molecule has 2 aromatic rings. The number of sulfonamides is 1. The van der Waals surface area contributed by atoms with Crippen LogP contribution in [0, 0.1) is 5.82 Å². The second kappa shape index (κ2) is 8.79. The summed E-state index contributed by atoms with van der Waals surface area (Å²) < 4.78 is 61.0. The van der Waals surface area contributed by atoms with Gasteiger partial charge in [-0.15, -0.1) is 0 Å². The summed E-state index contributed by atoms with van der Waals surface area (Å²) in [6, 6.07) is 7.56. The highest BCUT2D eigenvalue weighted by molar-refractivity contribution is 7.92. The molecule has 0 amide bonds. The summed E-state index contributed by atoms with van der Waals surface area (Å²) in [5, 5.41) is 0. The van der Waals surface area contributed by atoms with Crippen molar-refractivity contribution in [3.63, 3.8) is 0 Å². The standard InChI is InChI=1S/C18H20FNO7S/c1-24-12-5-7-15(17(9-12)26-3)20(11-18(21)27-4)28(22,23)13-6-8-16(25-2)14(19)10-13/h5-10H,11H2,1-4H3. The lowest BCUT2D eigenvalue weighted by atomic mass is 10.2. The van der Waals surface area contributed by atoms with Gasteiger partial charge in [0.15, 0.2) is 11.6 Å². The van der Waals surface area contributed by atoms with Crippen molar-refractivity contribution in [3.8, 4) is 17.2 Å². The topological polar surface area (TPSA) is 91.4 Å². The Labute approximate surface area is 162 Å². The third-order valence-electron chi connectivity index (χ3n) is 3.87. The normalized spacial score (nSPS) is 10.9. The molecule has 0 saturated carbocycles. The summed E-state index contributed by atoms with van der Waals surface area (Å²) in [7, 11) is 0.833. The van der Waals surface area contributed by atoms with Crippen LogP contribution in [-0.2, 0) is 19.6 Å². The van der Waals surface area contributed by atoms with Crippen molar-refractivity contribution in [2.24, 2.45) is 0 Å². The maximum atomic E-state index is 14.1. The van der Waals surface area contributed by atoms with Gasteiger partial charge in [0.25, 0.3) is 10.0 Å². The average molecular weight is 413 g/mol. The van der Waals surface area contributed by atoms with E-state index >= 15 is 0 Å². The first-order valence-electron chi connectivity index (χ1n) is 7.93. The fraction of sp³-hybridized carbons (Fsp3) is 0.278. The van der Waals surface area contributed by atoms with E-state index in [9.17, 15) is 17.6 Å². The van der Waals surface area contributed by atoms with E-state index < -0.39 is 28.4 Å². The molecule has 152 valence electrons. The van der Waals surface area contributed by atoms with Gasteiger partial charge in [-0.1, -0.05) is 0 Å². The highest BCUT2D eigenvalue weighted by Gasteiger charge is 2.30. The van der Waals surface area contributed by atoms with Gasteiger partial charge >= 0.3 is 5.97 Å². The van der Waals surface area contributed by atoms with E-state index in [1.807, 2.05) is 0 Å². The maximum Gasteiger partial charge on any atom is 0.326 e. The highest BCUT2D eigenvalue weighted by atomic mass is 32.2. The predicted octanol–water partition coefficient (Wildman–Crippen LogP) is 2.22. The first kappa shape index (κ1) is 21.3.